The molecule has 2 heterocycles. The summed E-state index contributed by atoms with van der Waals surface area (Å²) < 4.78 is 22.8. The predicted molar refractivity (Wildman–Crippen MR) is 327 cm³/mol. The standard InChI is InChI=1S/C67H113NO13/c1-3-5-7-9-11-13-15-17-19-21-23-25-27-29-30-32-34-36-38-40-42-44-46-48-50-56(71)55(54-78-66-64(77)62(75)65(58(53-70)80-66)81-67-63(76)61(74)60(73)57(52-69)79-67)68-59(72)51-49-47-45-43-41-39-37-35-33-31-28-26-24-22-20-18-16-14-12-10-8-6-4-2/h6,8,12,14,18,20,24,26,31-34,37,39-40,42,48,50,55-58,60-67,69-71,73-77H,3-5,7,9-11,13,15-17,19,21-23,25,27-30,35-36,38,41,43-47,49,51-54H2,1-2H3,(H,68,72)/b8-6-,14-12-,20-18-,26-24-,33-31-,34-32+,39-37-,42-40+,50-48+. The Bertz CT molecular complexity index is 1770. The number of hydrogen-bond donors (Lipinski definition) is 9. The van der Waals surface area contributed by atoms with Crippen LogP contribution in [-0.2, 0) is 23.7 Å². The third-order valence-corrected chi connectivity index (χ3v) is 14.7. The number of nitrogens with one attached hydrogen (secondary N) is 1. The molecular weight excluding hydrogens is 1030 g/mol. The number of hydrogen-bond acceptors (Lipinski definition) is 13. The van der Waals surface area contributed by atoms with Crippen LogP contribution in [0.5, 0.6) is 0 Å². The minimum absolute atomic E-state index is 0.233. The van der Waals surface area contributed by atoms with Gasteiger partial charge in [0, 0.05) is 6.42 Å². The summed E-state index contributed by atoms with van der Waals surface area (Å²) >= 11 is 0. The molecule has 14 nitrogen and oxygen atoms in total. The molecule has 12 atom stereocenters. The average molecular weight is 1140 g/mol. The molecule has 0 aromatic carbocycles. The van der Waals surface area contributed by atoms with Gasteiger partial charge in [0.15, 0.2) is 12.6 Å². The summed E-state index contributed by atoms with van der Waals surface area (Å²) in [6.45, 7) is 2.64. The van der Waals surface area contributed by atoms with Crippen LogP contribution in [0.3, 0.4) is 0 Å². The smallest absolute Gasteiger partial charge is 0.220 e. The number of ether oxygens (including phenoxy) is 4. The lowest BCUT2D eigenvalue weighted by Gasteiger charge is -2.46. The molecule has 9 N–H and O–H groups in total. The second-order valence-electron chi connectivity index (χ2n) is 21.8. The molecule has 2 fully saturated rings. The number of allylic oxidation sites excluding steroid dienone is 17. The Kier molecular flexibility index (Phi) is 46.5. The van der Waals surface area contributed by atoms with Crippen molar-refractivity contribution in [2.24, 2.45) is 0 Å². The molecule has 14 heteroatoms. The van der Waals surface area contributed by atoms with Crippen LogP contribution in [0.1, 0.15) is 213 Å². The Labute approximate surface area is 489 Å². The molecular formula is C67H113NO13. The topological polar surface area (TPSA) is 228 Å². The quantitative estimate of drug-likeness (QED) is 0.0204. The minimum Gasteiger partial charge on any atom is -0.394 e. The van der Waals surface area contributed by atoms with Crippen LogP contribution >= 0.6 is 0 Å². The van der Waals surface area contributed by atoms with Crippen molar-refractivity contribution in [1.29, 1.82) is 0 Å². The van der Waals surface area contributed by atoms with E-state index in [4.69, 9.17) is 18.9 Å². The van der Waals surface area contributed by atoms with Crippen molar-refractivity contribution in [1.82, 2.24) is 5.32 Å². The van der Waals surface area contributed by atoms with Gasteiger partial charge in [0.2, 0.25) is 5.91 Å². The highest BCUT2D eigenvalue weighted by molar-refractivity contribution is 5.76. The molecule has 2 aliphatic rings. The SMILES string of the molecule is CC/C=C\C/C=C\C/C=C\C/C=C\C/C=C\C/C=C\CCCCCCC(=O)NC(COC1OC(CO)C(OC2OC(CO)C(O)C(O)C2O)C(O)C1O)C(O)/C=C/CC/C=C/CC/C=C/CCCCCCCCCCCCCCCC. The first-order valence-corrected chi connectivity index (χ1v) is 31.6. The van der Waals surface area contributed by atoms with Crippen LogP contribution in [-0.4, -0.2) is 140 Å². The van der Waals surface area contributed by atoms with Crippen molar-refractivity contribution in [3.63, 3.8) is 0 Å². The Morgan fingerprint density at radius 3 is 1.36 bits per heavy atom. The van der Waals surface area contributed by atoms with Crippen LogP contribution in [0.2, 0.25) is 0 Å². The van der Waals surface area contributed by atoms with E-state index in [0.29, 0.717) is 12.8 Å². The molecule has 2 rings (SSSR count). The zero-order valence-electron chi connectivity index (χ0n) is 50.0. The molecule has 0 aromatic rings. The highest BCUT2D eigenvalue weighted by Gasteiger charge is 2.51. The fourth-order valence-electron chi connectivity index (χ4n) is 9.62. The largest absolute Gasteiger partial charge is 0.394 e. The van der Waals surface area contributed by atoms with Gasteiger partial charge in [0.1, 0.15) is 48.8 Å². The van der Waals surface area contributed by atoms with Crippen molar-refractivity contribution in [3.05, 3.63) is 109 Å². The van der Waals surface area contributed by atoms with Gasteiger partial charge in [-0.15, -0.1) is 0 Å². The molecule has 0 saturated carbocycles. The maximum Gasteiger partial charge on any atom is 0.220 e. The summed E-state index contributed by atoms with van der Waals surface area (Å²) in [6.07, 6.45) is 55.5. The summed E-state index contributed by atoms with van der Waals surface area (Å²) in [5.74, 6) is -0.282. The number of rotatable bonds is 49. The highest BCUT2D eigenvalue weighted by Crippen LogP contribution is 2.30. The number of aliphatic hydroxyl groups excluding tert-OH is 8. The molecule has 2 saturated heterocycles. The van der Waals surface area contributed by atoms with E-state index in [1.165, 1.54) is 89.9 Å². The molecule has 0 aliphatic carbocycles. The summed E-state index contributed by atoms with van der Waals surface area (Å²) in [5.41, 5.74) is 0. The highest BCUT2D eigenvalue weighted by atomic mass is 16.7. The maximum absolute atomic E-state index is 13.3. The van der Waals surface area contributed by atoms with Crippen molar-refractivity contribution >= 4 is 5.91 Å². The maximum atomic E-state index is 13.3. The van der Waals surface area contributed by atoms with Crippen LogP contribution < -0.4 is 5.32 Å². The van der Waals surface area contributed by atoms with Crippen molar-refractivity contribution in [2.45, 2.75) is 286 Å². The molecule has 0 bridgehead atoms. The first kappa shape index (κ1) is 73.8. The van der Waals surface area contributed by atoms with E-state index >= 15 is 0 Å². The third-order valence-electron chi connectivity index (χ3n) is 14.7. The first-order valence-electron chi connectivity index (χ1n) is 31.6. The normalized spacial score (nSPS) is 24.9. The van der Waals surface area contributed by atoms with Gasteiger partial charge in [-0.1, -0.05) is 220 Å². The molecule has 2 aliphatic heterocycles. The van der Waals surface area contributed by atoms with Crippen LogP contribution in [0.25, 0.3) is 0 Å². The van der Waals surface area contributed by atoms with E-state index in [0.717, 1.165) is 89.9 Å². The Hall–Kier alpha value is -3.35. The second-order valence-corrected chi connectivity index (χ2v) is 21.8. The minimum atomic E-state index is -1.80. The lowest BCUT2D eigenvalue weighted by molar-refractivity contribution is -0.359. The molecule has 12 unspecified atom stereocenters. The predicted octanol–water partition coefficient (Wildman–Crippen LogP) is 11.6. The number of amides is 1. The van der Waals surface area contributed by atoms with Crippen LogP contribution in [0.15, 0.2) is 109 Å². The number of carbonyl (C=O) groups excluding carboxylic acids is 1. The molecule has 0 aromatic heterocycles. The zero-order chi connectivity index (χ0) is 58.8. The lowest BCUT2D eigenvalue weighted by Crippen LogP contribution is -2.65. The molecule has 464 valence electrons. The first-order chi connectivity index (χ1) is 39.6. The summed E-state index contributed by atoms with van der Waals surface area (Å²) in [6, 6.07) is -0.961. The zero-order valence-corrected chi connectivity index (χ0v) is 50.0. The van der Waals surface area contributed by atoms with E-state index in [1.807, 2.05) is 6.08 Å². The fourth-order valence-corrected chi connectivity index (χ4v) is 9.62. The summed E-state index contributed by atoms with van der Waals surface area (Å²) in [4.78, 5) is 13.3. The fraction of sp³-hybridized carbons (Fsp3) is 0.716. The van der Waals surface area contributed by atoms with Crippen molar-refractivity contribution in [2.75, 3.05) is 19.8 Å². The van der Waals surface area contributed by atoms with Gasteiger partial charge in [-0.05, 0) is 96.3 Å². The van der Waals surface area contributed by atoms with E-state index in [-0.39, 0.29) is 18.9 Å². The van der Waals surface area contributed by atoms with Crippen molar-refractivity contribution in [3.8, 4) is 0 Å². The van der Waals surface area contributed by atoms with Crippen LogP contribution in [0.4, 0.5) is 0 Å². The van der Waals surface area contributed by atoms with E-state index in [9.17, 15) is 45.6 Å². The van der Waals surface area contributed by atoms with Gasteiger partial charge >= 0.3 is 0 Å². The average Bonchev–Trinajstić information content (AvgIpc) is 3.47. The van der Waals surface area contributed by atoms with Crippen molar-refractivity contribution < 1.29 is 64.6 Å². The van der Waals surface area contributed by atoms with Gasteiger partial charge in [-0.25, -0.2) is 0 Å². The summed E-state index contributed by atoms with van der Waals surface area (Å²) in [5, 5.41) is 87.2. The van der Waals surface area contributed by atoms with Crippen LogP contribution in [0, 0.1) is 0 Å². The third kappa shape index (κ3) is 36.2. The van der Waals surface area contributed by atoms with Gasteiger partial charge in [0.05, 0.1) is 32.0 Å². The number of aliphatic hydroxyl groups is 8. The second kappa shape index (κ2) is 51.1. The summed E-state index contributed by atoms with van der Waals surface area (Å²) in [7, 11) is 0. The van der Waals surface area contributed by atoms with Gasteiger partial charge in [0.25, 0.3) is 0 Å². The van der Waals surface area contributed by atoms with E-state index < -0.39 is 86.8 Å². The molecule has 0 spiro atoms. The number of unbranched alkanes of at least 4 members (excludes halogenated alkanes) is 20. The lowest BCUT2D eigenvalue weighted by atomic mass is 9.97. The Morgan fingerprint density at radius 2 is 0.864 bits per heavy atom. The molecule has 1 amide bonds. The van der Waals surface area contributed by atoms with Gasteiger partial charge in [-0.3, -0.25) is 4.79 Å². The Balaban J connectivity index is 1.79. The van der Waals surface area contributed by atoms with Gasteiger partial charge < -0.3 is 65.1 Å². The van der Waals surface area contributed by atoms with E-state index in [2.05, 4.69) is 116 Å². The van der Waals surface area contributed by atoms with E-state index in [1.54, 1.807) is 6.08 Å². The monoisotopic (exact) mass is 1140 g/mol. The molecule has 81 heavy (non-hydrogen) atoms. The molecule has 0 radical (unpaired) electrons. The Morgan fingerprint density at radius 1 is 0.457 bits per heavy atom. The van der Waals surface area contributed by atoms with Gasteiger partial charge in [-0.2, -0.15) is 0 Å². The number of carbonyl (C=O) groups is 1.